The smallest absolute Gasteiger partial charge is 0.253 e. The van der Waals surface area contributed by atoms with Gasteiger partial charge in [0.05, 0.1) is 0 Å². The summed E-state index contributed by atoms with van der Waals surface area (Å²) in [5, 5.41) is 3.62. The third-order valence-electron chi connectivity index (χ3n) is 2.27. The number of hydrogen-bond donors (Lipinski definition) is 1. The summed E-state index contributed by atoms with van der Waals surface area (Å²) in [7, 11) is 5.24. The third kappa shape index (κ3) is 2.42. The summed E-state index contributed by atoms with van der Waals surface area (Å²) in [6.45, 7) is 1.91. The van der Waals surface area contributed by atoms with E-state index in [1.165, 1.54) is 4.90 Å². The quantitative estimate of drug-likeness (QED) is 0.840. The Bertz CT molecular complexity index is 388. The van der Waals surface area contributed by atoms with Gasteiger partial charge in [-0.15, -0.1) is 0 Å². The van der Waals surface area contributed by atoms with Crippen molar-refractivity contribution >= 4 is 23.2 Å². The van der Waals surface area contributed by atoms with E-state index in [0.29, 0.717) is 10.6 Å². The lowest BCUT2D eigenvalue weighted by atomic mass is 10.1. The van der Waals surface area contributed by atoms with E-state index >= 15 is 0 Å². The van der Waals surface area contributed by atoms with E-state index in [2.05, 4.69) is 5.32 Å². The van der Waals surface area contributed by atoms with Crippen LogP contribution in [0.1, 0.15) is 15.9 Å². The fourth-order valence-electron chi connectivity index (χ4n) is 1.32. The minimum atomic E-state index is -0.0478. The van der Waals surface area contributed by atoms with Crippen molar-refractivity contribution in [3.8, 4) is 0 Å². The van der Waals surface area contributed by atoms with Crippen LogP contribution in [0.4, 0.5) is 5.69 Å². The molecule has 0 saturated heterocycles. The lowest BCUT2D eigenvalue weighted by Gasteiger charge is -2.13. The van der Waals surface area contributed by atoms with Crippen LogP contribution in [0.2, 0.25) is 5.02 Å². The van der Waals surface area contributed by atoms with Crippen LogP contribution in [0.5, 0.6) is 0 Å². The number of carbonyl (C=O) groups is 1. The summed E-state index contributed by atoms with van der Waals surface area (Å²) < 4.78 is 0. The van der Waals surface area contributed by atoms with Crippen molar-refractivity contribution in [2.24, 2.45) is 0 Å². The first-order valence-corrected chi connectivity index (χ1v) is 5.04. The van der Waals surface area contributed by atoms with E-state index in [1.807, 2.05) is 20.0 Å². The number of hydrogen-bond acceptors (Lipinski definition) is 2. The molecule has 4 heteroatoms. The first kappa shape index (κ1) is 11.9. The Morgan fingerprint density at radius 1 is 1.40 bits per heavy atom. The van der Waals surface area contributed by atoms with Gasteiger partial charge in [0.1, 0.15) is 0 Å². The molecule has 0 aliphatic carbocycles. The molecule has 1 amide bonds. The number of halogens is 1. The molecule has 0 bridgehead atoms. The number of nitrogens with zero attached hydrogens (tertiary/aromatic N) is 1. The monoisotopic (exact) mass is 226 g/mol. The summed E-state index contributed by atoms with van der Waals surface area (Å²) in [6, 6.07) is 3.50. The molecule has 3 nitrogen and oxygen atoms in total. The largest absolute Gasteiger partial charge is 0.388 e. The number of carbonyl (C=O) groups excluding carboxylic acids is 1. The van der Waals surface area contributed by atoms with Crippen LogP contribution in [0.25, 0.3) is 0 Å². The molecule has 0 fully saturated rings. The van der Waals surface area contributed by atoms with Gasteiger partial charge < -0.3 is 10.2 Å². The zero-order valence-electron chi connectivity index (χ0n) is 9.39. The van der Waals surface area contributed by atoms with E-state index in [0.717, 1.165) is 11.3 Å². The summed E-state index contributed by atoms with van der Waals surface area (Å²) in [6.07, 6.45) is 0. The average molecular weight is 227 g/mol. The predicted octanol–water partition coefficient (Wildman–Crippen LogP) is 2.39. The van der Waals surface area contributed by atoms with Crippen molar-refractivity contribution in [2.45, 2.75) is 6.92 Å². The molecule has 0 spiro atoms. The fourth-order valence-corrected chi connectivity index (χ4v) is 1.54. The maximum absolute atomic E-state index is 11.7. The van der Waals surface area contributed by atoms with Crippen LogP contribution in [0.15, 0.2) is 12.1 Å². The molecule has 82 valence electrons. The fraction of sp³-hybridized carbons (Fsp3) is 0.364. The van der Waals surface area contributed by atoms with Gasteiger partial charge >= 0.3 is 0 Å². The van der Waals surface area contributed by atoms with E-state index in [-0.39, 0.29) is 5.91 Å². The molecule has 0 atom stereocenters. The van der Waals surface area contributed by atoms with Crippen LogP contribution in [-0.2, 0) is 0 Å². The Balaban J connectivity index is 3.22. The lowest BCUT2D eigenvalue weighted by Crippen LogP contribution is -2.21. The molecule has 0 saturated carbocycles. The number of rotatable bonds is 2. The third-order valence-corrected chi connectivity index (χ3v) is 2.66. The van der Waals surface area contributed by atoms with Gasteiger partial charge in [-0.3, -0.25) is 4.79 Å². The van der Waals surface area contributed by atoms with Gasteiger partial charge in [0.15, 0.2) is 0 Å². The minimum Gasteiger partial charge on any atom is -0.388 e. The van der Waals surface area contributed by atoms with Gasteiger partial charge in [-0.1, -0.05) is 11.6 Å². The first-order valence-electron chi connectivity index (χ1n) is 4.67. The zero-order valence-corrected chi connectivity index (χ0v) is 10.1. The van der Waals surface area contributed by atoms with Crippen LogP contribution in [0.3, 0.4) is 0 Å². The van der Waals surface area contributed by atoms with Gasteiger partial charge in [-0.05, 0) is 24.6 Å². The summed E-state index contributed by atoms with van der Waals surface area (Å²) in [4.78, 5) is 13.2. The Morgan fingerprint density at radius 3 is 2.47 bits per heavy atom. The number of nitrogens with one attached hydrogen (secondary N) is 1. The number of amides is 1. The van der Waals surface area contributed by atoms with E-state index < -0.39 is 0 Å². The predicted molar refractivity (Wildman–Crippen MR) is 63.8 cm³/mol. The van der Waals surface area contributed by atoms with Crippen molar-refractivity contribution in [3.63, 3.8) is 0 Å². The Morgan fingerprint density at radius 2 is 2.00 bits per heavy atom. The molecule has 15 heavy (non-hydrogen) atoms. The van der Waals surface area contributed by atoms with Crippen molar-refractivity contribution in [1.82, 2.24) is 4.90 Å². The molecule has 0 aliphatic rings. The minimum absolute atomic E-state index is 0.0478. The Hall–Kier alpha value is -1.22. The molecule has 1 rings (SSSR count). The molecular weight excluding hydrogens is 212 g/mol. The van der Waals surface area contributed by atoms with Crippen LogP contribution in [0, 0.1) is 6.92 Å². The van der Waals surface area contributed by atoms with E-state index in [9.17, 15) is 4.79 Å². The highest BCUT2D eigenvalue weighted by molar-refractivity contribution is 6.32. The standard InChI is InChI=1S/C11H15ClN2O/c1-7-9(12)5-8(6-10(7)13-2)11(15)14(3)4/h5-6,13H,1-4H3. The highest BCUT2D eigenvalue weighted by Crippen LogP contribution is 2.25. The number of anilines is 1. The Kier molecular flexibility index (Phi) is 3.58. The van der Waals surface area contributed by atoms with E-state index in [4.69, 9.17) is 11.6 Å². The topological polar surface area (TPSA) is 32.3 Å². The molecule has 1 aromatic carbocycles. The molecule has 0 aromatic heterocycles. The molecule has 0 aliphatic heterocycles. The van der Waals surface area contributed by atoms with Gasteiger partial charge in [0.2, 0.25) is 0 Å². The average Bonchev–Trinajstić information content (AvgIpc) is 2.20. The summed E-state index contributed by atoms with van der Waals surface area (Å²) >= 11 is 6.04. The summed E-state index contributed by atoms with van der Waals surface area (Å²) in [5.74, 6) is -0.0478. The van der Waals surface area contributed by atoms with Crippen LogP contribution < -0.4 is 5.32 Å². The van der Waals surface area contributed by atoms with Gasteiger partial charge in [0.25, 0.3) is 5.91 Å². The molecule has 1 aromatic rings. The highest BCUT2D eigenvalue weighted by atomic mass is 35.5. The second-order valence-electron chi connectivity index (χ2n) is 3.58. The van der Waals surface area contributed by atoms with E-state index in [1.54, 1.807) is 20.2 Å². The van der Waals surface area contributed by atoms with Gasteiger partial charge in [-0.2, -0.15) is 0 Å². The highest BCUT2D eigenvalue weighted by Gasteiger charge is 2.12. The second-order valence-corrected chi connectivity index (χ2v) is 3.99. The molecule has 0 unspecified atom stereocenters. The molecule has 0 radical (unpaired) electrons. The normalized spacial score (nSPS) is 9.93. The van der Waals surface area contributed by atoms with Crippen molar-refractivity contribution < 1.29 is 4.79 Å². The zero-order chi connectivity index (χ0) is 11.6. The SMILES string of the molecule is CNc1cc(C(=O)N(C)C)cc(Cl)c1C. The maximum atomic E-state index is 11.7. The Labute approximate surface area is 95.0 Å². The van der Waals surface area contributed by atoms with Gasteiger partial charge in [0, 0.05) is 37.4 Å². The first-order chi connectivity index (χ1) is 6.97. The number of benzene rings is 1. The van der Waals surface area contributed by atoms with Crippen molar-refractivity contribution in [2.75, 3.05) is 26.5 Å². The van der Waals surface area contributed by atoms with Crippen LogP contribution >= 0.6 is 11.6 Å². The van der Waals surface area contributed by atoms with Crippen molar-refractivity contribution in [3.05, 3.63) is 28.3 Å². The summed E-state index contributed by atoms with van der Waals surface area (Å²) in [5.41, 5.74) is 2.43. The van der Waals surface area contributed by atoms with Crippen molar-refractivity contribution in [1.29, 1.82) is 0 Å². The maximum Gasteiger partial charge on any atom is 0.253 e. The lowest BCUT2D eigenvalue weighted by molar-refractivity contribution is 0.0827. The molecule has 0 heterocycles. The second kappa shape index (κ2) is 4.53. The van der Waals surface area contributed by atoms with Crippen LogP contribution in [-0.4, -0.2) is 32.0 Å². The van der Waals surface area contributed by atoms with Gasteiger partial charge in [-0.25, -0.2) is 0 Å². The molecular formula is C11H15ClN2O. The molecule has 1 N–H and O–H groups in total.